The molecule has 2 N–H and O–H groups in total. The summed E-state index contributed by atoms with van der Waals surface area (Å²) in [6.45, 7) is 1.83. The Morgan fingerprint density at radius 1 is 1.33 bits per heavy atom. The summed E-state index contributed by atoms with van der Waals surface area (Å²) < 4.78 is 26.6. The standard InChI is InChI=1S/C12H21NO4S/c1-9-4-2-3-7-12(9,11(14)15)13-18(16,17)8-10-5-6-10/h9-10,13H,2-8H2,1H3,(H,14,15). The Morgan fingerprint density at radius 3 is 2.50 bits per heavy atom. The molecule has 2 aliphatic rings. The van der Waals surface area contributed by atoms with E-state index >= 15 is 0 Å². The third-order valence-electron chi connectivity index (χ3n) is 4.17. The first-order valence-corrected chi connectivity index (χ1v) is 8.26. The maximum absolute atomic E-state index is 12.0. The number of nitrogens with one attached hydrogen (secondary N) is 1. The number of carbonyl (C=O) groups is 1. The van der Waals surface area contributed by atoms with Crippen molar-refractivity contribution < 1.29 is 18.3 Å². The van der Waals surface area contributed by atoms with Crippen molar-refractivity contribution in [3.63, 3.8) is 0 Å². The molecule has 104 valence electrons. The van der Waals surface area contributed by atoms with Crippen LogP contribution in [-0.2, 0) is 14.8 Å². The average Bonchev–Trinajstić information content (AvgIpc) is 3.04. The predicted molar refractivity (Wildman–Crippen MR) is 67.6 cm³/mol. The molecule has 2 unspecified atom stereocenters. The molecule has 0 heterocycles. The number of hydrogen-bond acceptors (Lipinski definition) is 3. The van der Waals surface area contributed by atoms with Gasteiger partial charge in [0.1, 0.15) is 5.54 Å². The third kappa shape index (κ3) is 2.85. The maximum atomic E-state index is 12.0. The van der Waals surface area contributed by atoms with Gasteiger partial charge in [-0.2, -0.15) is 4.72 Å². The fraction of sp³-hybridized carbons (Fsp3) is 0.917. The van der Waals surface area contributed by atoms with Crippen molar-refractivity contribution >= 4 is 16.0 Å². The van der Waals surface area contributed by atoms with E-state index in [4.69, 9.17) is 0 Å². The van der Waals surface area contributed by atoms with Crippen molar-refractivity contribution in [1.29, 1.82) is 0 Å². The minimum atomic E-state index is -3.49. The van der Waals surface area contributed by atoms with Crippen LogP contribution in [0, 0.1) is 11.8 Å². The molecule has 5 nitrogen and oxygen atoms in total. The van der Waals surface area contributed by atoms with Gasteiger partial charge in [-0.1, -0.05) is 19.8 Å². The number of hydrogen-bond donors (Lipinski definition) is 2. The van der Waals surface area contributed by atoms with Crippen LogP contribution in [0.15, 0.2) is 0 Å². The average molecular weight is 275 g/mol. The topological polar surface area (TPSA) is 83.5 Å². The second kappa shape index (κ2) is 4.81. The van der Waals surface area contributed by atoms with Crippen LogP contribution in [0.3, 0.4) is 0 Å². The molecule has 0 aromatic rings. The molecule has 2 aliphatic carbocycles. The maximum Gasteiger partial charge on any atom is 0.325 e. The van der Waals surface area contributed by atoms with E-state index in [1.54, 1.807) is 0 Å². The lowest BCUT2D eigenvalue weighted by molar-refractivity contribution is -0.147. The van der Waals surface area contributed by atoms with E-state index in [0.29, 0.717) is 6.42 Å². The zero-order valence-corrected chi connectivity index (χ0v) is 11.5. The summed E-state index contributed by atoms with van der Waals surface area (Å²) in [6.07, 6.45) is 4.78. The predicted octanol–water partition coefficient (Wildman–Crippen LogP) is 1.35. The molecule has 0 amide bonds. The molecule has 0 aromatic heterocycles. The number of carboxylic acids is 1. The Hall–Kier alpha value is -0.620. The van der Waals surface area contributed by atoms with Crippen molar-refractivity contribution in [2.45, 2.75) is 51.0 Å². The van der Waals surface area contributed by atoms with Crippen LogP contribution in [0.2, 0.25) is 0 Å². The summed E-state index contributed by atoms with van der Waals surface area (Å²) in [5, 5.41) is 9.45. The highest BCUT2D eigenvalue weighted by Crippen LogP contribution is 2.36. The first kappa shape index (κ1) is 13.8. The van der Waals surface area contributed by atoms with Gasteiger partial charge in [0.15, 0.2) is 0 Å². The van der Waals surface area contributed by atoms with Gasteiger partial charge in [-0.25, -0.2) is 8.42 Å². The van der Waals surface area contributed by atoms with E-state index < -0.39 is 21.5 Å². The van der Waals surface area contributed by atoms with E-state index in [1.165, 1.54) is 0 Å². The van der Waals surface area contributed by atoms with E-state index in [0.717, 1.165) is 32.1 Å². The van der Waals surface area contributed by atoms with Crippen LogP contribution in [0.25, 0.3) is 0 Å². The summed E-state index contributed by atoms with van der Waals surface area (Å²) in [6, 6.07) is 0. The molecule has 6 heteroatoms. The SMILES string of the molecule is CC1CCCCC1(NS(=O)(=O)CC1CC1)C(=O)O. The smallest absolute Gasteiger partial charge is 0.325 e. The highest BCUT2D eigenvalue weighted by Gasteiger charge is 2.48. The number of aliphatic carboxylic acids is 1. The fourth-order valence-corrected chi connectivity index (χ4v) is 4.76. The second-order valence-corrected chi connectivity index (χ2v) is 7.52. The third-order valence-corrected chi connectivity index (χ3v) is 5.76. The first-order chi connectivity index (χ1) is 8.36. The van der Waals surface area contributed by atoms with Gasteiger partial charge in [-0.05, 0) is 37.5 Å². The quantitative estimate of drug-likeness (QED) is 0.793. The van der Waals surface area contributed by atoms with Gasteiger partial charge in [0.2, 0.25) is 10.0 Å². The molecule has 0 saturated heterocycles. The molecular formula is C12H21NO4S. The van der Waals surface area contributed by atoms with Gasteiger partial charge in [-0.15, -0.1) is 0 Å². The Balaban J connectivity index is 2.16. The summed E-state index contributed by atoms with van der Waals surface area (Å²) in [7, 11) is -3.49. The largest absolute Gasteiger partial charge is 0.480 e. The first-order valence-electron chi connectivity index (χ1n) is 6.61. The van der Waals surface area contributed by atoms with Crippen LogP contribution in [0.5, 0.6) is 0 Å². The van der Waals surface area contributed by atoms with E-state index in [2.05, 4.69) is 4.72 Å². The second-order valence-electron chi connectivity index (χ2n) is 5.75. The summed E-state index contributed by atoms with van der Waals surface area (Å²) in [5.74, 6) is -0.881. The summed E-state index contributed by atoms with van der Waals surface area (Å²) in [5.41, 5.74) is -1.29. The highest BCUT2D eigenvalue weighted by atomic mass is 32.2. The van der Waals surface area contributed by atoms with Crippen LogP contribution in [0.4, 0.5) is 0 Å². The zero-order chi connectivity index (χ0) is 13.4. The van der Waals surface area contributed by atoms with Gasteiger partial charge in [0.25, 0.3) is 0 Å². The van der Waals surface area contributed by atoms with Crippen LogP contribution in [0.1, 0.15) is 45.4 Å². The molecule has 18 heavy (non-hydrogen) atoms. The summed E-state index contributed by atoms with van der Waals surface area (Å²) in [4.78, 5) is 11.5. The molecule has 2 rings (SSSR count). The lowest BCUT2D eigenvalue weighted by Crippen LogP contribution is -2.60. The highest BCUT2D eigenvalue weighted by molar-refractivity contribution is 7.89. The van der Waals surface area contributed by atoms with Crippen LogP contribution in [-0.4, -0.2) is 30.8 Å². The fourth-order valence-electron chi connectivity index (χ4n) is 2.77. The van der Waals surface area contributed by atoms with Crippen LogP contribution < -0.4 is 4.72 Å². The van der Waals surface area contributed by atoms with E-state index in [9.17, 15) is 18.3 Å². The Kier molecular flexibility index (Phi) is 3.69. The normalized spacial score (nSPS) is 33.3. The van der Waals surface area contributed by atoms with Crippen molar-refractivity contribution in [2.24, 2.45) is 11.8 Å². The zero-order valence-electron chi connectivity index (χ0n) is 10.7. The molecule has 2 fully saturated rings. The van der Waals surface area contributed by atoms with Gasteiger partial charge in [-0.3, -0.25) is 4.79 Å². The van der Waals surface area contributed by atoms with Gasteiger partial charge >= 0.3 is 5.97 Å². The Bertz CT molecular complexity index is 429. The minimum absolute atomic E-state index is 0.0781. The van der Waals surface area contributed by atoms with Crippen molar-refractivity contribution in [3.8, 4) is 0 Å². The van der Waals surface area contributed by atoms with E-state index in [-0.39, 0.29) is 17.6 Å². The summed E-state index contributed by atoms with van der Waals surface area (Å²) >= 11 is 0. The molecule has 0 bridgehead atoms. The van der Waals surface area contributed by atoms with Gasteiger partial charge < -0.3 is 5.11 Å². The molecule has 0 spiro atoms. The van der Waals surface area contributed by atoms with Crippen molar-refractivity contribution in [1.82, 2.24) is 4.72 Å². The lowest BCUT2D eigenvalue weighted by Gasteiger charge is -2.39. The minimum Gasteiger partial charge on any atom is -0.480 e. The molecule has 0 radical (unpaired) electrons. The van der Waals surface area contributed by atoms with E-state index in [1.807, 2.05) is 6.92 Å². The number of rotatable bonds is 5. The van der Waals surface area contributed by atoms with Crippen molar-refractivity contribution in [3.05, 3.63) is 0 Å². The lowest BCUT2D eigenvalue weighted by atomic mass is 9.74. The molecule has 0 aliphatic heterocycles. The van der Waals surface area contributed by atoms with Gasteiger partial charge in [0.05, 0.1) is 5.75 Å². The number of carboxylic acid groups (broad SMARTS) is 1. The Labute approximate surface area is 108 Å². The molecule has 2 saturated carbocycles. The molecule has 2 atom stereocenters. The number of sulfonamides is 1. The molecular weight excluding hydrogens is 254 g/mol. The molecule has 0 aromatic carbocycles. The van der Waals surface area contributed by atoms with Crippen molar-refractivity contribution in [2.75, 3.05) is 5.75 Å². The monoisotopic (exact) mass is 275 g/mol. The van der Waals surface area contributed by atoms with Crippen LogP contribution >= 0.6 is 0 Å². The van der Waals surface area contributed by atoms with Gasteiger partial charge in [0, 0.05) is 0 Å². The Morgan fingerprint density at radius 2 is 2.00 bits per heavy atom.